The van der Waals surface area contributed by atoms with Crippen molar-refractivity contribution in [2.24, 2.45) is 0 Å². The van der Waals surface area contributed by atoms with Crippen LogP contribution in [0.4, 0.5) is 0 Å². The van der Waals surface area contributed by atoms with Crippen molar-refractivity contribution >= 4 is 11.6 Å². The van der Waals surface area contributed by atoms with E-state index in [0.717, 1.165) is 25.1 Å². The Balaban J connectivity index is 2.00. The largest absolute Gasteiger partial charge is 0.324 e. The van der Waals surface area contributed by atoms with Gasteiger partial charge in [-0.2, -0.15) is 0 Å². The molecule has 2 aromatic heterocycles. The van der Waals surface area contributed by atoms with Crippen molar-refractivity contribution in [1.82, 2.24) is 19.5 Å². The van der Waals surface area contributed by atoms with E-state index in [0.29, 0.717) is 5.02 Å². The van der Waals surface area contributed by atoms with Crippen LogP contribution in [-0.4, -0.2) is 19.5 Å². The highest BCUT2D eigenvalue weighted by Gasteiger charge is 2.22. The zero-order valence-electron chi connectivity index (χ0n) is 8.67. The predicted octanol–water partition coefficient (Wildman–Crippen LogP) is 2.25. The van der Waals surface area contributed by atoms with Crippen LogP contribution in [0.5, 0.6) is 0 Å². The molecule has 0 fully saturated rings. The summed E-state index contributed by atoms with van der Waals surface area (Å²) in [4.78, 5) is 12.8. The fourth-order valence-electron chi connectivity index (χ4n) is 2.17. The quantitative estimate of drug-likeness (QED) is 0.760. The number of aryl methyl sites for hydroxylation is 1. The van der Waals surface area contributed by atoms with E-state index in [2.05, 4.69) is 19.5 Å². The molecule has 1 unspecified atom stereocenters. The Hall–Kier alpha value is -1.42. The van der Waals surface area contributed by atoms with Crippen molar-refractivity contribution in [3.8, 4) is 0 Å². The number of imidazole rings is 1. The summed E-state index contributed by atoms with van der Waals surface area (Å²) in [6.45, 7) is 0. The molecule has 0 amide bonds. The first-order chi connectivity index (χ1) is 7.84. The minimum Gasteiger partial charge on any atom is -0.324 e. The maximum atomic E-state index is 5.79. The van der Waals surface area contributed by atoms with E-state index >= 15 is 0 Å². The molecule has 0 spiro atoms. The number of halogens is 1. The third-order valence-electron chi connectivity index (χ3n) is 2.93. The molecule has 0 N–H and O–H groups in total. The number of aromatic nitrogens is 4. The Morgan fingerprint density at radius 3 is 2.88 bits per heavy atom. The molecule has 2 aromatic rings. The highest BCUT2D eigenvalue weighted by Crippen LogP contribution is 2.28. The maximum absolute atomic E-state index is 5.79. The van der Waals surface area contributed by atoms with Gasteiger partial charge in [0.05, 0.1) is 17.4 Å². The molecule has 1 atom stereocenters. The second-order valence-electron chi connectivity index (χ2n) is 3.96. The van der Waals surface area contributed by atoms with Crippen molar-refractivity contribution in [1.29, 1.82) is 0 Å². The van der Waals surface area contributed by atoms with Gasteiger partial charge >= 0.3 is 0 Å². The second-order valence-corrected chi connectivity index (χ2v) is 4.40. The molecule has 16 heavy (non-hydrogen) atoms. The summed E-state index contributed by atoms with van der Waals surface area (Å²) < 4.78 is 2.16. The van der Waals surface area contributed by atoms with Gasteiger partial charge in [-0.25, -0.2) is 15.0 Å². The lowest BCUT2D eigenvalue weighted by molar-refractivity contribution is 0.439. The first-order valence-corrected chi connectivity index (χ1v) is 5.70. The molecule has 0 saturated heterocycles. The van der Waals surface area contributed by atoms with Crippen LogP contribution in [0.15, 0.2) is 24.9 Å². The van der Waals surface area contributed by atoms with Crippen LogP contribution in [0.1, 0.15) is 30.4 Å². The fraction of sp³-hybridized carbons (Fsp3) is 0.364. The monoisotopic (exact) mass is 234 g/mol. The predicted molar refractivity (Wildman–Crippen MR) is 60.3 cm³/mol. The molecule has 0 aliphatic carbocycles. The highest BCUT2D eigenvalue weighted by molar-refractivity contribution is 6.30. The maximum Gasteiger partial charge on any atom is 0.151 e. The Kier molecular flexibility index (Phi) is 2.36. The summed E-state index contributed by atoms with van der Waals surface area (Å²) in [6, 6.07) is 0.212. The zero-order valence-corrected chi connectivity index (χ0v) is 9.43. The molecule has 0 bridgehead atoms. The number of hydrogen-bond donors (Lipinski definition) is 0. The van der Waals surface area contributed by atoms with E-state index in [9.17, 15) is 0 Å². The van der Waals surface area contributed by atoms with Crippen molar-refractivity contribution in [3.63, 3.8) is 0 Å². The molecule has 3 rings (SSSR count). The zero-order chi connectivity index (χ0) is 11.0. The SMILES string of the molecule is Clc1cnc(C2CCCc3cncn32)nc1. The normalized spacial score (nSPS) is 19.4. The molecule has 3 heterocycles. The van der Waals surface area contributed by atoms with Crippen molar-refractivity contribution in [2.75, 3.05) is 0 Å². The topological polar surface area (TPSA) is 43.6 Å². The van der Waals surface area contributed by atoms with Gasteiger partial charge in [-0.1, -0.05) is 11.6 Å². The van der Waals surface area contributed by atoms with E-state index in [1.165, 1.54) is 5.69 Å². The molecule has 0 aromatic carbocycles. The molecule has 82 valence electrons. The Morgan fingerprint density at radius 1 is 1.25 bits per heavy atom. The fourth-order valence-corrected chi connectivity index (χ4v) is 2.27. The minimum absolute atomic E-state index is 0.212. The molecular weight excluding hydrogens is 224 g/mol. The first-order valence-electron chi connectivity index (χ1n) is 5.33. The van der Waals surface area contributed by atoms with Crippen LogP contribution in [0, 0.1) is 0 Å². The number of fused-ring (bicyclic) bond motifs is 1. The smallest absolute Gasteiger partial charge is 0.151 e. The third-order valence-corrected chi connectivity index (χ3v) is 3.13. The average molecular weight is 235 g/mol. The number of hydrogen-bond acceptors (Lipinski definition) is 3. The van der Waals surface area contributed by atoms with Gasteiger partial charge in [-0.3, -0.25) is 0 Å². The van der Waals surface area contributed by atoms with Crippen molar-refractivity contribution in [2.45, 2.75) is 25.3 Å². The van der Waals surface area contributed by atoms with Crippen LogP contribution in [0.3, 0.4) is 0 Å². The third kappa shape index (κ3) is 1.59. The van der Waals surface area contributed by atoms with Gasteiger partial charge in [0.15, 0.2) is 5.82 Å². The minimum atomic E-state index is 0.212. The van der Waals surface area contributed by atoms with Crippen molar-refractivity contribution < 1.29 is 0 Å². The number of nitrogens with zero attached hydrogens (tertiary/aromatic N) is 4. The average Bonchev–Trinajstić information content (AvgIpc) is 2.78. The van der Waals surface area contributed by atoms with E-state index in [1.807, 2.05) is 12.5 Å². The Morgan fingerprint density at radius 2 is 2.06 bits per heavy atom. The molecule has 1 aliphatic rings. The summed E-state index contributed by atoms with van der Waals surface area (Å²) in [5, 5.41) is 0.574. The lowest BCUT2D eigenvalue weighted by atomic mass is 10.0. The van der Waals surface area contributed by atoms with Crippen LogP contribution in [0.25, 0.3) is 0 Å². The van der Waals surface area contributed by atoms with Gasteiger partial charge < -0.3 is 4.57 Å². The lowest BCUT2D eigenvalue weighted by Crippen LogP contribution is -2.19. The van der Waals surface area contributed by atoms with E-state index in [4.69, 9.17) is 11.6 Å². The first kappa shape index (κ1) is 9.78. The second kappa shape index (κ2) is 3.87. The van der Waals surface area contributed by atoms with Crippen LogP contribution < -0.4 is 0 Å². The van der Waals surface area contributed by atoms with Gasteiger partial charge in [0.1, 0.15) is 0 Å². The van der Waals surface area contributed by atoms with Crippen molar-refractivity contribution in [3.05, 3.63) is 41.5 Å². The summed E-state index contributed by atoms with van der Waals surface area (Å²) in [6.07, 6.45) is 10.4. The van der Waals surface area contributed by atoms with Gasteiger partial charge in [-0.05, 0) is 19.3 Å². The Bertz CT molecular complexity index is 491. The van der Waals surface area contributed by atoms with Crippen LogP contribution in [0.2, 0.25) is 5.02 Å². The summed E-state index contributed by atoms with van der Waals surface area (Å²) >= 11 is 5.79. The van der Waals surface area contributed by atoms with E-state index < -0.39 is 0 Å². The molecule has 4 nitrogen and oxygen atoms in total. The van der Waals surface area contributed by atoms with E-state index in [-0.39, 0.29) is 6.04 Å². The van der Waals surface area contributed by atoms with Gasteiger partial charge in [0.25, 0.3) is 0 Å². The van der Waals surface area contributed by atoms with Gasteiger partial charge in [0.2, 0.25) is 0 Å². The molecular formula is C11H11ClN4. The van der Waals surface area contributed by atoms with Gasteiger partial charge in [-0.15, -0.1) is 0 Å². The van der Waals surface area contributed by atoms with Crippen LogP contribution in [-0.2, 0) is 6.42 Å². The standard InChI is InChI=1S/C11H11ClN4/c12-8-4-14-11(15-5-8)10-3-1-2-9-6-13-7-16(9)10/h4-7,10H,1-3H2. The number of rotatable bonds is 1. The molecule has 0 radical (unpaired) electrons. The van der Waals surface area contributed by atoms with E-state index in [1.54, 1.807) is 12.4 Å². The van der Waals surface area contributed by atoms with Gasteiger partial charge in [0, 0.05) is 24.3 Å². The summed E-state index contributed by atoms with van der Waals surface area (Å²) in [5.74, 6) is 0.823. The van der Waals surface area contributed by atoms with Crippen LogP contribution >= 0.6 is 11.6 Å². The molecule has 0 saturated carbocycles. The molecule has 5 heteroatoms. The lowest BCUT2D eigenvalue weighted by Gasteiger charge is -2.23. The summed E-state index contributed by atoms with van der Waals surface area (Å²) in [5.41, 5.74) is 1.26. The Labute approximate surface area is 98.3 Å². The summed E-state index contributed by atoms with van der Waals surface area (Å²) in [7, 11) is 0. The molecule has 1 aliphatic heterocycles. The highest BCUT2D eigenvalue weighted by atomic mass is 35.5.